The van der Waals surface area contributed by atoms with Gasteiger partial charge in [-0.2, -0.15) is 0 Å². The Morgan fingerprint density at radius 1 is 1.64 bits per heavy atom. The lowest BCUT2D eigenvalue weighted by Gasteiger charge is -2.27. The summed E-state index contributed by atoms with van der Waals surface area (Å²) in [6, 6.07) is 0.203. The topological polar surface area (TPSA) is 46.3 Å². The summed E-state index contributed by atoms with van der Waals surface area (Å²) in [6.07, 6.45) is 3.17. The van der Waals surface area contributed by atoms with Gasteiger partial charge in [0.25, 0.3) is 0 Å². The number of carbonyl (C=O) groups is 1. The molecule has 2 heterocycles. The van der Waals surface area contributed by atoms with Crippen molar-refractivity contribution in [2.24, 2.45) is 5.73 Å². The highest BCUT2D eigenvalue weighted by Crippen LogP contribution is 2.39. The summed E-state index contributed by atoms with van der Waals surface area (Å²) < 4.78 is -0.149. The molecule has 0 bridgehead atoms. The highest BCUT2D eigenvalue weighted by molar-refractivity contribution is 8.01. The lowest BCUT2D eigenvalue weighted by molar-refractivity contribution is -0.132. The molecule has 0 saturated carbocycles. The molecule has 2 aliphatic rings. The van der Waals surface area contributed by atoms with Gasteiger partial charge < -0.3 is 10.6 Å². The lowest BCUT2D eigenvalue weighted by atomic mass is 10.0. The van der Waals surface area contributed by atoms with Crippen LogP contribution < -0.4 is 5.73 Å². The third-order valence-corrected chi connectivity index (χ3v) is 4.69. The third-order valence-electron chi connectivity index (χ3n) is 3.18. The number of hydrogen-bond donors (Lipinski definition) is 1. The van der Waals surface area contributed by atoms with E-state index in [1.54, 1.807) is 0 Å². The summed E-state index contributed by atoms with van der Waals surface area (Å²) >= 11 is 1.81. The Morgan fingerprint density at radius 2 is 2.43 bits per heavy atom. The van der Waals surface area contributed by atoms with Crippen LogP contribution in [0.1, 0.15) is 26.2 Å². The van der Waals surface area contributed by atoms with Crippen LogP contribution in [0.15, 0.2) is 0 Å². The first-order chi connectivity index (χ1) is 6.62. The van der Waals surface area contributed by atoms with Crippen molar-refractivity contribution in [3.05, 3.63) is 0 Å². The molecule has 0 spiro atoms. The molecule has 1 amide bonds. The normalized spacial score (nSPS) is 37.9. The highest BCUT2D eigenvalue weighted by Gasteiger charge is 2.41. The molecule has 0 aromatic carbocycles. The van der Waals surface area contributed by atoms with Crippen molar-refractivity contribution in [2.45, 2.75) is 37.0 Å². The monoisotopic (exact) mass is 214 g/mol. The Labute approximate surface area is 89.4 Å². The smallest absolute Gasteiger partial charge is 0.238 e. The fourth-order valence-corrected chi connectivity index (χ4v) is 3.53. The van der Waals surface area contributed by atoms with Crippen molar-refractivity contribution in [3.8, 4) is 0 Å². The van der Waals surface area contributed by atoms with Gasteiger partial charge in [0.15, 0.2) is 0 Å². The van der Waals surface area contributed by atoms with Crippen LogP contribution >= 0.6 is 11.8 Å². The Morgan fingerprint density at radius 3 is 2.93 bits per heavy atom. The molecule has 14 heavy (non-hydrogen) atoms. The second-order valence-electron chi connectivity index (χ2n) is 4.48. The molecular formula is C10H18N2OS. The van der Waals surface area contributed by atoms with Gasteiger partial charge in [-0.05, 0) is 31.9 Å². The van der Waals surface area contributed by atoms with E-state index in [1.807, 2.05) is 16.7 Å². The number of amides is 1. The zero-order chi connectivity index (χ0) is 10.2. The molecule has 2 unspecified atom stereocenters. The Balaban J connectivity index is 2.00. The van der Waals surface area contributed by atoms with E-state index >= 15 is 0 Å². The zero-order valence-electron chi connectivity index (χ0n) is 8.66. The van der Waals surface area contributed by atoms with Gasteiger partial charge in [0, 0.05) is 19.1 Å². The second kappa shape index (κ2) is 3.74. The van der Waals surface area contributed by atoms with E-state index in [2.05, 4.69) is 6.92 Å². The molecule has 4 heteroatoms. The maximum atomic E-state index is 12.2. The summed E-state index contributed by atoms with van der Waals surface area (Å²) in [7, 11) is 0. The predicted molar refractivity (Wildman–Crippen MR) is 59.3 cm³/mol. The van der Waals surface area contributed by atoms with E-state index in [0.717, 1.165) is 31.7 Å². The minimum Gasteiger partial charge on any atom is -0.340 e. The summed E-state index contributed by atoms with van der Waals surface area (Å²) in [4.78, 5) is 14.1. The molecule has 80 valence electrons. The maximum Gasteiger partial charge on any atom is 0.238 e. The van der Waals surface area contributed by atoms with Crippen LogP contribution in [0.2, 0.25) is 0 Å². The van der Waals surface area contributed by atoms with E-state index in [4.69, 9.17) is 5.73 Å². The molecule has 0 radical (unpaired) electrons. The summed E-state index contributed by atoms with van der Waals surface area (Å²) in [5.74, 6) is 1.44. The average molecular weight is 214 g/mol. The first-order valence-electron chi connectivity index (χ1n) is 5.31. The molecule has 2 saturated heterocycles. The number of hydrogen-bond acceptors (Lipinski definition) is 3. The lowest BCUT2D eigenvalue weighted by Crippen LogP contribution is -2.43. The van der Waals surface area contributed by atoms with Crippen molar-refractivity contribution in [1.82, 2.24) is 4.90 Å². The number of nitrogens with zero attached hydrogens (tertiary/aromatic N) is 1. The van der Waals surface area contributed by atoms with Crippen molar-refractivity contribution in [3.63, 3.8) is 0 Å². The first kappa shape index (κ1) is 10.3. The first-order valence-corrected chi connectivity index (χ1v) is 6.29. The van der Waals surface area contributed by atoms with Gasteiger partial charge in [-0.15, -0.1) is 11.8 Å². The minimum atomic E-state index is -0.149. The summed E-state index contributed by atoms with van der Waals surface area (Å²) in [6.45, 7) is 3.70. The van der Waals surface area contributed by atoms with Crippen molar-refractivity contribution in [1.29, 1.82) is 0 Å². The van der Waals surface area contributed by atoms with Gasteiger partial charge in [0.1, 0.15) is 0 Å². The van der Waals surface area contributed by atoms with Crippen LogP contribution in [0.4, 0.5) is 0 Å². The molecule has 0 aliphatic carbocycles. The predicted octanol–water partition coefficient (Wildman–Crippen LogP) is 0.832. The van der Waals surface area contributed by atoms with Gasteiger partial charge in [-0.3, -0.25) is 4.79 Å². The number of carbonyl (C=O) groups excluding carboxylic acids is 1. The van der Waals surface area contributed by atoms with Crippen LogP contribution in [0.25, 0.3) is 0 Å². The Hall–Kier alpha value is -0.220. The zero-order valence-corrected chi connectivity index (χ0v) is 9.48. The van der Waals surface area contributed by atoms with Crippen molar-refractivity contribution in [2.75, 3.05) is 18.8 Å². The van der Waals surface area contributed by atoms with E-state index in [1.165, 1.54) is 6.42 Å². The fourth-order valence-electron chi connectivity index (χ4n) is 2.25. The van der Waals surface area contributed by atoms with Crippen molar-refractivity contribution < 1.29 is 4.79 Å². The number of thioether (sulfide) groups is 1. The van der Waals surface area contributed by atoms with Gasteiger partial charge in [-0.1, -0.05) is 0 Å². The summed E-state index contributed by atoms with van der Waals surface area (Å²) in [5.41, 5.74) is 5.80. The molecule has 0 aromatic heterocycles. The summed E-state index contributed by atoms with van der Waals surface area (Å²) in [5, 5.41) is 0. The Bertz CT molecular complexity index is 238. The van der Waals surface area contributed by atoms with E-state index in [9.17, 15) is 4.79 Å². The fraction of sp³-hybridized carbons (Fsp3) is 0.900. The molecule has 2 fully saturated rings. The van der Waals surface area contributed by atoms with Gasteiger partial charge in [0.2, 0.25) is 5.91 Å². The van der Waals surface area contributed by atoms with Gasteiger partial charge in [0.05, 0.1) is 4.75 Å². The Kier molecular flexibility index (Phi) is 2.75. The van der Waals surface area contributed by atoms with Crippen molar-refractivity contribution >= 4 is 17.7 Å². The molecule has 2 rings (SSSR count). The minimum absolute atomic E-state index is 0.149. The van der Waals surface area contributed by atoms with Crippen LogP contribution in [0.3, 0.4) is 0 Å². The van der Waals surface area contributed by atoms with Crippen LogP contribution in [-0.4, -0.2) is 40.4 Å². The van der Waals surface area contributed by atoms with Crippen LogP contribution in [-0.2, 0) is 4.79 Å². The van der Waals surface area contributed by atoms with E-state index in [-0.39, 0.29) is 10.8 Å². The molecule has 2 aliphatic heterocycles. The third kappa shape index (κ3) is 1.77. The SMILES string of the molecule is CC1(C(=O)N2CCC(N)C2)CCCS1. The van der Waals surface area contributed by atoms with Gasteiger partial charge in [-0.25, -0.2) is 0 Å². The second-order valence-corrected chi connectivity index (χ2v) is 6.08. The van der Waals surface area contributed by atoms with Crippen LogP contribution in [0, 0.1) is 0 Å². The quantitative estimate of drug-likeness (QED) is 0.703. The van der Waals surface area contributed by atoms with E-state index < -0.39 is 0 Å². The standard InChI is InChI=1S/C10H18N2OS/c1-10(4-2-6-14-10)9(13)12-5-3-8(11)7-12/h8H,2-7,11H2,1H3. The maximum absolute atomic E-state index is 12.2. The molecule has 3 nitrogen and oxygen atoms in total. The van der Waals surface area contributed by atoms with E-state index in [0.29, 0.717) is 5.91 Å². The van der Waals surface area contributed by atoms with Crippen LogP contribution in [0.5, 0.6) is 0 Å². The highest BCUT2D eigenvalue weighted by atomic mass is 32.2. The molecule has 0 aromatic rings. The number of nitrogens with two attached hydrogens (primary N) is 1. The van der Waals surface area contributed by atoms with Gasteiger partial charge >= 0.3 is 0 Å². The number of rotatable bonds is 1. The average Bonchev–Trinajstić information content (AvgIpc) is 2.74. The molecular weight excluding hydrogens is 196 g/mol. The number of likely N-dealkylation sites (tertiary alicyclic amines) is 1. The largest absolute Gasteiger partial charge is 0.340 e. The molecule has 2 atom stereocenters. The molecule has 2 N–H and O–H groups in total.